The fraction of sp³-hybridized carbons (Fsp3) is 0.368. The third-order valence-corrected chi connectivity index (χ3v) is 6.26. The average Bonchev–Trinajstić information content (AvgIpc) is 3.17. The minimum absolute atomic E-state index is 0.110. The van der Waals surface area contributed by atoms with Crippen molar-refractivity contribution < 1.29 is 14.3 Å². The van der Waals surface area contributed by atoms with Gasteiger partial charge in [-0.3, -0.25) is 4.79 Å². The van der Waals surface area contributed by atoms with Crippen molar-refractivity contribution in [1.82, 2.24) is 0 Å². The lowest BCUT2D eigenvalue weighted by atomic mass is 10.1. The van der Waals surface area contributed by atoms with Gasteiger partial charge in [-0.1, -0.05) is 19.1 Å². The molecule has 1 aromatic heterocycles. The van der Waals surface area contributed by atoms with E-state index in [0.29, 0.717) is 17.0 Å². The van der Waals surface area contributed by atoms with Gasteiger partial charge in [0.15, 0.2) is 0 Å². The van der Waals surface area contributed by atoms with Crippen LogP contribution in [0.3, 0.4) is 0 Å². The summed E-state index contributed by atoms with van der Waals surface area (Å²) in [6, 6.07) is 8.03. The number of methoxy groups -OCH3 is 1. The molecule has 0 spiro atoms. The summed E-state index contributed by atoms with van der Waals surface area (Å²) in [5, 5.41) is 3.54. The minimum Gasteiger partial charge on any atom is -0.465 e. The summed E-state index contributed by atoms with van der Waals surface area (Å²) in [7, 11) is 1.38. The van der Waals surface area contributed by atoms with Gasteiger partial charge in [-0.2, -0.15) is 0 Å². The van der Waals surface area contributed by atoms with Gasteiger partial charge in [-0.15, -0.1) is 23.1 Å². The Bertz CT molecular complexity index is 781. The van der Waals surface area contributed by atoms with Crippen LogP contribution >= 0.6 is 23.1 Å². The molecule has 3 rings (SSSR count). The number of thiophene rings is 1. The third-order valence-electron chi connectivity index (χ3n) is 4.16. The van der Waals surface area contributed by atoms with Crippen LogP contribution < -0.4 is 5.32 Å². The normalized spacial score (nSPS) is 12.7. The van der Waals surface area contributed by atoms with Gasteiger partial charge in [0, 0.05) is 9.77 Å². The Hall–Kier alpha value is -1.79. The number of hydrogen-bond donors (Lipinski definition) is 1. The molecule has 0 fully saturated rings. The van der Waals surface area contributed by atoms with Crippen LogP contribution in [0.2, 0.25) is 0 Å². The molecule has 1 aromatic carbocycles. The number of amides is 1. The summed E-state index contributed by atoms with van der Waals surface area (Å²) in [5.41, 5.74) is 2.55. The van der Waals surface area contributed by atoms with Gasteiger partial charge in [0.1, 0.15) is 5.00 Å². The maximum atomic E-state index is 12.4. The van der Waals surface area contributed by atoms with E-state index in [4.69, 9.17) is 4.74 Å². The standard InChI is InChI=1S/C19H21NO3S2/c1-3-24-13-9-7-12(8-10-13)11-16(21)20-18-17(19(22)23-2)14-5-4-6-15(14)25-18/h7-10H,3-6,11H2,1-2H3,(H,20,21). The van der Waals surface area contributed by atoms with E-state index >= 15 is 0 Å². The number of anilines is 1. The van der Waals surface area contributed by atoms with Crippen LogP contribution in [0.1, 0.15) is 39.7 Å². The first-order valence-electron chi connectivity index (χ1n) is 8.36. The molecule has 0 atom stereocenters. The van der Waals surface area contributed by atoms with Gasteiger partial charge in [0.2, 0.25) is 5.91 Å². The predicted octanol–water partition coefficient (Wildman–Crippen LogP) is 4.32. The number of rotatable bonds is 6. The second kappa shape index (κ2) is 8.06. The molecule has 0 bridgehead atoms. The number of benzene rings is 1. The Kier molecular flexibility index (Phi) is 5.81. The van der Waals surface area contributed by atoms with E-state index in [0.717, 1.165) is 36.1 Å². The first-order chi connectivity index (χ1) is 12.1. The number of hydrogen-bond acceptors (Lipinski definition) is 5. The highest BCUT2D eigenvalue weighted by Crippen LogP contribution is 2.39. The van der Waals surface area contributed by atoms with E-state index in [1.54, 1.807) is 11.8 Å². The van der Waals surface area contributed by atoms with Crippen LogP contribution in [0, 0.1) is 0 Å². The molecule has 132 valence electrons. The summed E-state index contributed by atoms with van der Waals surface area (Å²) < 4.78 is 4.91. The molecular weight excluding hydrogens is 354 g/mol. The number of aryl methyl sites for hydroxylation is 1. The summed E-state index contributed by atoms with van der Waals surface area (Å²) in [6.45, 7) is 2.11. The van der Waals surface area contributed by atoms with Crippen molar-refractivity contribution in [2.24, 2.45) is 0 Å². The van der Waals surface area contributed by atoms with Crippen LogP contribution in [0.15, 0.2) is 29.2 Å². The van der Waals surface area contributed by atoms with E-state index in [9.17, 15) is 9.59 Å². The van der Waals surface area contributed by atoms with E-state index in [-0.39, 0.29) is 11.9 Å². The number of thioether (sulfide) groups is 1. The molecular formula is C19H21NO3S2. The molecule has 0 unspecified atom stereocenters. The molecule has 2 aromatic rings. The molecule has 0 radical (unpaired) electrons. The molecule has 1 amide bonds. The van der Waals surface area contributed by atoms with Crippen molar-refractivity contribution in [3.63, 3.8) is 0 Å². The largest absolute Gasteiger partial charge is 0.465 e. The SMILES string of the molecule is CCSc1ccc(CC(=O)Nc2sc3c(c2C(=O)OC)CCC3)cc1. The Morgan fingerprint density at radius 1 is 1.24 bits per heavy atom. The first-order valence-corrected chi connectivity index (χ1v) is 10.2. The molecule has 1 aliphatic rings. The lowest BCUT2D eigenvalue weighted by Gasteiger charge is -2.07. The van der Waals surface area contributed by atoms with Crippen molar-refractivity contribution >= 4 is 40.0 Å². The van der Waals surface area contributed by atoms with Crippen molar-refractivity contribution in [3.05, 3.63) is 45.8 Å². The number of ether oxygens (including phenoxy) is 1. The van der Waals surface area contributed by atoms with Crippen LogP contribution in [0.5, 0.6) is 0 Å². The maximum Gasteiger partial charge on any atom is 0.341 e. The van der Waals surface area contributed by atoms with Crippen LogP contribution in [0.4, 0.5) is 5.00 Å². The van der Waals surface area contributed by atoms with Crippen LogP contribution in [-0.2, 0) is 28.8 Å². The van der Waals surface area contributed by atoms with Gasteiger partial charge in [-0.05, 0) is 48.3 Å². The molecule has 1 heterocycles. The molecule has 0 aliphatic heterocycles. The van der Waals surface area contributed by atoms with Gasteiger partial charge < -0.3 is 10.1 Å². The summed E-state index contributed by atoms with van der Waals surface area (Å²) in [4.78, 5) is 26.9. The lowest BCUT2D eigenvalue weighted by Crippen LogP contribution is -2.16. The number of carbonyl (C=O) groups excluding carboxylic acids is 2. The highest BCUT2D eigenvalue weighted by molar-refractivity contribution is 7.99. The number of esters is 1. The second-order valence-corrected chi connectivity index (χ2v) is 8.30. The number of nitrogens with one attached hydrogen (secondary N) is 1. The third kappa shape index (κ3) is 4.07. The lowest BCUT2D eigenvalue weighted by molar-refractivity contribution is -0.115. The Morgan fingerprint density at radius 3 is 2.68 bits per heavy atom. The summed E-state index contributed by atoms with van der Waals surface area (Å²) in [5.74, 6) is 0.552. The number of carbonyl (C=O) groups is 2. The highest BCUT2D eigenvalue weighted by Gasteiger charge is 2.27. The van der Waals surface area contributed by atoms with E-state index in [1.807, 2.05) is 24.3 Å². The molecule has 1 N–H and O–H groups in total. The van der Waals surface area contributed by atoms with E-state index in [1.165, 1.54) is 28.2 Å². The zero-order valence-corrected chi connectivity index (χ0v) is 16.0. The molecule has 6 heteroatoms. The van der Waals surface area contributed by atoms with E-state index < -0.39 is 0 Å². The minimum atomic E-state index is -0.365. The zero-order chi connectivity index (χ0) is 17.8. The summed E-state index contributed by atoms with van der Waals surface area (Å²) in [6.07, 6.45) is 3.20. The second-order valence-electron chi connectivity index (χ2n) is 5.85. The van der Waals surface area contributed by atoms with Crippen molar-refractivity contribution in [1.29, 1.82) is 0 Å². The monoisotopic (exact) mass is 375 g/mol. The van der Waals surface area contributed by atoms with Crippen molar-refractivity contribution in [3.8, 4) is 0 Å². The Balaban J connectivity index is 1.72. The molecule has 0 saturated heterocycles. The summed E-state index contributed by atoms with van der Waals surface area (Å²) >= 11 is 3.28. The average molecular weight is 376 g/mol. The topological polar surface area (TPSA) is 55.4 Å². The fourth-order valence-electron chi connectivity index (χ4n) is 3.04. The van der Waals surface area contributed by atoms with Crippen LogP contribution in [-0.4, -0.2) is 24.7 Å². The van der Waals surface area contributed by atoms with Gasteiger partial charge >= 0.3 is 5.97 Å². The van der Waals surface area contributed by atoms with Gasteiger partial charge in [0.25, 0.3) is 0 Å². The molecule has 4 nitrogen and oxygen atoms in total. The number of fused-ring (bicyclic) bond motifs is 1. The molecule has 1 aliphatic carbocycles. The zero-order valence-electron chi connectivity index (χ0n) is 14.4. The van der Waals surface area contributed by atoms with Crippen molar-refractivity contribution in [2.45, 2.75) is 37.5 Å². The Labute approximate surface area is 156 Å². The predicted molar refractivity (Wildman–Crippen MR) is 103 cm³/mol. The quantitative estimate of drug-likeness (QED) is 0.604. The molecule has 0 saturated carbocycles. The maximum absolute atomic E-state index is 12.4. The fourth-order valence-corrected chi connectivity index (χ4v) is 4.99. The van der Waals surface area contributed by atoms with E-state index in [2.05, 4.69) is 12.2 Å². The van der Waals surface area contributed by atoms with Crippen LogP contribution in [0.25, 0.3) is 0 Å². The van der Waals surface area contributed by atoms with Crippen molar-refractivity contribution in [2.75, 3.05) is 18.2 Å². The van der Waals surface area contributed by atoms with Gasteiger partial charge in [-0.25, -0.2) is 4.79 Å². The Morgan fingerprint density at radius 2 is 2.00 bits per heavy atom. The molecule has 25 heavy (non-hydrogen) atoms. The highest BCUT2D eigenvalue weighted by atomic mass is 32.2. The van der Waals surface area contributed by atoms with Gasteiger partial charge in [0.05, 0.1) is 19.1 Å². The smallest absolute Gasteiger partial charge is 0.341 e. The first kappa shape index (κ1) is 18.0.